The van der Waals surface area contributed by atoms with E-state index in [0.717, 1.165) is 28.1 Å². The molecule has 17 heavy (non-hydrogen) atoms. The van der Waals surface area contributed by atoms with E-state index >= 15 is 0 Å². The van der Waals surface area contributed by atoms with Crippen LogP contribution >= 0.6 is 0 Å². The van der Waals surface area contributed by atoms with Crippen LogP contribution in [0.5, 0.6) is 0 Å². The van der Waals surface area contributed by atoms with Crippen LogP contribution in [-0.4, -0.2) is 21.6 Å². The van der Waals surface area contributed by atoms with Crippen molar-refractivity contribution in [2.75, 3.05) is 0 Å². The normalized spacial score (nSPS) is 15.8. The van der Waals surface area contributed by atoms with Gasteiger partial charge in [0.05, 0.1) is 16.7 Å². The van der Waals surface area contributed by atoms with E-state index in [1.54, 1.807) is 0 Å². The van der Waals surface area contributed by atoms with Crippen LogP contribution in [0.2, 0.25) is 0 Å². The molecule has 0 fully saturated rings. The number of carbonyl (C=O) groups is 1. The van der Waals surface area contributed by atoms with Gasteiger partial charge >= 0.3 is 0 Å². The molecule has 0 bridgehead atoms. The molecule has 0 spiro atoms. The highest BCUT2D eigenvalue weighted by atomic mass is 16.2. The minimum absolute atomic E-state index is 0.0211. The van der Waals surface area contributed by atoms with Crippen molar-refractivity contribution in [3.63, 3.8) is 0 Å². The molecule has 2 heterocycles. The number of H-pyrrole nitrogens is 1. The summed E-state index contributed by atoms with van der Waals surface area (Å²) < 4.78 is 0. The summed E-state index contributed by atoms with van der Waals surface area (Å²) in [5.41, 5.74) is 6.40. The Kier molecular flexibility index (Phi) is 2.18. The largest absolute Gasteiger partial charge is 0.342 e. The van der Waals surface area contributed by atoms with Crippen LogP contribution in [0, 0.1) is 6.92 Å². The zero-order valence-corrected chi connectivity index (χ0v) is 9.45. The minimum Gasteiger partial charge on any atom is -0.342 e. The molecule has 0 aliphatic carbocycles. The van der Waals surface area contributed by atoms with Gasteiger partial charge in [0.2, 0.25) is 5.91 Å². The molecule has 1 aromatic carbocycles. The van der Waals surface area contributed by atoms with Crippen molar-refractivity contribution in [1.29, 1.82) is 0 Å². The Hall–Kier alpha value is -2.17. The zero-order valence-electron chi connectivity index (χ0n) is 9.45. The number of imidazole rings is 1. The van der Waals surface area contributed by atoms with Crippen molar-refractivity contribution in [3.05, 3.63) is 29.6 Å². The minimum atomic E-state index is -0.0211. The molecule has 1 amide bonds. The molecule has 86 valence electrons. The summed E-state index contributed by atoms with van der Waals surface area (Å²) in [5, 5.41) is 4.08. The number of benzene rings is 1. The Labute approximate surface area is 97.9 Å². The monoisotopic (exact) mass is 228 g/mol. The van der Waals surface area contributed by atoms with Gasteiger partial charge in [-0.2, -0.15) is 5.10 Å². The molecule has 1 aliphatic heterocycles. The first-order chi connectivity index (χ1) is 8.22. The molecule has 2 N–H and O–H groups in total. The van der Waals surface area contributed by atoms with E-state index < -0.39 is 0 Å². The molecule has 0 saturated heterocycles. The van der Waals surface area contributed by atoms with Crippen molar-refractivity contribution >= 4 is 22.7 Å². The van der Waals surface area contributed by atoms with E-state index in [9.17, 15) is 4.79 Å². The summed E-state index contributed by atoms with van der Waals surface area (Å²) >= 11 is 0. The lowest BCUT2D eigenvalue weighted by atomic mass is 10.0. The molecular formula is C12H12N4O. The highest BCUT2D eigenvalue weighted by Gasteiger charge is 2.13. The highest BCUT2D eigenvalue weighted by molar-refractivity contribution is 6.05. The van der Waals surface area contributed by atoms with Crippen LogP contribution in [0.25, 0.3) is 11.0 Å². The van der Waals surface area contributed by atoms with Crippen LogP contribution in [-0.2, 0) is 4.79 Å². The lowest BCUT2D eigenvalue weighted by molar-refractivity contribution is -0.121. The molecule has 0 atom stereocenters. The number of hydrogen-bond acceptors (Lipinski definition) is 3. The summed E-state index contributed by atoms with van der Waals surface area (Å²) in [7, 11) is 0. The Balaban J connectivity index is 2.03. The number of amides is 1. The quantitative estimate of drug-likeness (QED) is 0.776. The maximum atomic E-state index is 11.0. The summed E-state index contributed by atoms with van der Waals surface area (Å²) in [6.07, 6.45) is 1.18. The van der Waals surface area contributed by atoms with Crippen LogP contribution in [0.4, 0.5) is 0 Å². The molecule has 5 nitrogen and oxygen atoms in total. The van der Waals surface area contributed by atoms with E-state index in [-0.39, 0.29) is 5.91 Å². The number of nitrogens with zero attached hydrogens (tertiary/aromatic N) is 2. The van der Waals surface area contributed by atoms with Crippen molar-refractivity contribution in [2.24, 2.45) is 5.10 Å². The molecule has 0 saturated carbocycles. The van der Waals surface area contributed by atoms with Crippen molar-refractivity contribution in [2.45, 2.75) is 19.8 Å². The van der Waals surface area contributed by atoms with E-state index in [0.29, 0.717) is 12.8 Å². The fourth-order valence-corrected chi connectivity index (χ4v) is 2.00. The van der Waals surface area contributed by atoms with Crippen LogP contribution in [0.3, 0.4) is 0 Å². The van der Waals surface area contributed by atoms with Crippen LogP contribution < -0.4 is 5.43 Å². The average Bonchev–Trinajstić information content (AvgIpc) is 2.69. The van der Waals surface area contributed by atoms with Gasteiger partial charge in [-0.05, 0) is 24.6 Å². The lowest BCUT2D eigenvalue weighted by Crippen LogP contribution is -2.25. The first-order valence-electron chi connectivity index (χ1n) is 5.54. The number of nitrogens with one attached hydrogen (secondary N) is 2. The van der Waals surface area contributed by atoms with Gasteiger partial charge in [-0.25, -0.2) is 10.4 Å². The number of aromatic nitrogens is 2. The average molecular weight is 228 g/mol. The van der Waals surface area contributed by atoms with Crippen LogP contribution in [0.15, 0.2) is 23.3 Å². The van der Waals surface area contributed by atoms with Gasteiger partial charge in [0.25, 0.3) is 0 Å². The molecule has 5 heteroatoms. The van der Waals surface area contributed by atoms with E-state index in [1.807, 2.05) is 25.1 Å². The molecular weight excluding hydrogens is 216 g/mol. The first-order valence-corrected chi connectivity index (χ1v) is 5.54. The first kappa shape index (κ1) is 10.0. The Morgan fingerprint density at radius 1 is 1.29 bits per heavy atom. The Bertz CT molecular complexity index is 626. The van der Waals surface area contributed by atoms with Crippen molar-refractivity contribution in [1.82, 2.24) is 15.4 Å². The SMILES string of the molecule is Cc1nc2ccc(C3=NNC(=O)CC3)cc2[nH]1. The number of rotatable bonds is 1. The van der Waals surface area contributed by atoms with E-state index in [2.05, 4.69) is 20.5 Å². The molecule has 1 aliphatic rings. The topological polar surface area (TPSA) is 70.1 Å². The fourth-order valence-electron chi connectivity index (χ4n) is 2.00. The predicted octanol–water partition coefficient (Wildman–Crippen LogP) is 1.49. The standard InChI is InChI=1S/C12H12N4O/c1-7-13-10-3-2-8(6-11(10)14-7)9-4-5-12(17)16-15-9/h2-3,6H,4-5H2,1H3,(H,13,14)(H,16,17). The second-order valence-electron chi connectivity index (χ2n) is 4.15. The zero-order chi connectivity index (χ0) is 11.8. The third kappa shape index (κ3) is 1.80. The van der Waals surface area contributed by atoms with Crippen molar-refractivity contribution in [3.8, 4) is 0 Å². The van der Waals surface area contributed by atoms with Gasteiger partial charge in [0, 0.05) is 12.8 Å². The number of aryl methyl sites for hydroxylation is 1. The smallest absolute Gasteiger partial charge is 0.240 e. The summed E-state index contributed by atoms with van der Waals surface area (Å²) in [6, 6.07) is 5.97. The second-order valence-corrected chi connectivity index (χ2v) is 4.15. The summed E-state index contributed by atoms with van der Waals surface area (Å²) in [5.74, 6) is 0.878. The highest BCUT2D eigenvalue weighted by Crippen LogP contribution is 2.16. The molecule has 3 rings (SSSR count). The van der Waals surface area contributed by atoms with Gasteiger partial charge in [0.1, 0.15) is 5.82 Å². The van der Waals surface area contributed by atoms with Gasteiger partial charge in [0.15, 0.2) is 0 Å². The van der Waals surface area contributed by atoms with Gasteiger partial charge < -0.3 is 4.98 Å². The second kappa shape index (κ2) is 3.69. The lowest BCUT2D eigenvalue weighted by Gasteiger charge is -2.11. The summed E-state index contributed by atoms with van der Waals surface area (Å²) in [4.78, 5) is 18.6. The van der Waals surface area contributed by atoms with Gasteiger partial charge in [-0.15, -0.1) is 0 Å². The van der Waals surface area contributed by atoms with E-state index in [1.165, 1.54) is 0 Å². The number of hydrogen-bond donors (Lipinski definition) is 2. The maximum absolute atomic E-state index is 11.0. The summed E-state index contributed by atoms with van der Waals surface area (Å²) in [6.45, 7) is 1.93. The third-order valence-corrected chi connectivity index (χ3v) is 2.84. The van der Waals surface area contributed by atoms with E-state index in [4.69, 9.17) is 0 Å². The van der Waals surface area contributed by atoms with Crippen LogP contribution in [0.1, 0.15) is 24.2 Å². The number of fused-ring (bicyclic) bond motifs is 1. The number of carbonyl (C=O) groups excluding carboxylic acids is 1. The molecule has 1 aromatic heterocycles. The Morgan fingerprint density at radius 2 is 2.18 bits per heavy atom. The van der Waals surface area contributed by atoms with Gasteiger partial charge in [-0.1, -0.05) is 6.07 Å². The fraction of sp³-hybridized carbons (Fsp3) is 0.250. The predicted molar refractivity (Wildman–Crippen MR) is 64.7 cm³/mol. The third-order valence-electron chi connectivity index (χ3n) is 2.84. The molecule has 0 radical (unpaired) electrons. The Morgan fingerprint density at radius 3 is 2.94 bits per heavy atom. The molecule has 2 aromatic rings. The maximum Gasteiger partial charge on any atom is 0.240 e. The number of hydrazone groups is 1. The number of aromatic amines is 1. The van der Waals surface area contributed by atoms with Crippen molar-refractivity contribution < 1.29 is 4.79 Å². The molecule has 0 unspecified atom stereocenters. The van der Waals surface area contributed by atoms with Gasteiger partial charge in [-0.3, -0.25) is 4.79 Å².